The molecule has 3 heterocycles. The molecule has 0 bridgehead atoms. The quantitative estimate of drug-likeness (QED) is 0.714. The first-order valence-electron chi connectivity index (χ1n) is 8.89. The van der Waals surface area contributed by atoms with E-state index in [1.54, 1.807) is 11.8 Å². The summed E-state index contributed by atoms with van der Waals surface area (Å²) >= 11 is 1.14. The van der Waals surface area contributed by atoms with E-state index in [0.717, 1.165) is 11.3 Å². The number of aryl methyl sites for hydroxylation is 1. The third kappa shape index (κ3) is 4.19. The normalized spacial score (nSPS) is 14.7. The van der Waals surface area contributed by atoms with Crippen LogP contribution in [0.1, 0.15) is 29.1 Å². The van der Waals surface area contributed by atoms with Crippen LogP contribution in [0.4, 0.5) is 0 Å². The van der Waals surface area contributed by atoms with Crippen LogP contribution >= 0.6 is 11.3 Å². The van der Waals surface area contributed by atoms with Crippen molar-refractivity contribution in [2.75, 3.05) is 32.9 Å². The van der Waals surface area contributed by atoms with Gasteiger partial charge in [0.25, 0.3) is 5.56 Å². The molecule has 9 heteroatoms. The predicted molar refractivity (Wildman–Crippen MR) is 101 cm³/mol. The average molecular weight is 393 g/mol. The first-order chi connectivity index (χ1) is 12.9. The molecule has 0 radical (unpaired) electrons. The minimum atomic E-state index is -0.445. The number of ether oxygens (including phenoxy) is 2. The highest BCUT2D eigenvalue weighted by atomic mass is 32.1. The zero-order valence-corrected chi connectivity index (χ0v) is 16.5. The lowest BCUT2D eigenvalue weighted by Gasteiger charge is -2.26. The molecule has 0 N–H and O–H groups in total. The number of nitrogens with zero attached hydrogens (tertiary/aromatic N) is 3. The fourth-order valence-electron chi connectivity index (χ4n) is 2.83. The van der Waals surface area contributed by atoms with Crippen LogP contribution in [-0.2, 0) is 20.8 Å². The van der Waals surface area contributed by atoms with Crippen LogP contribution in [0.5, 0.6) is 0 Å². The van der Waals surface area contributed by atoms with Crippen LogP contribution in [0.25, 0.3) is 10.2 Å². The maximum Gasteiger partial charge on any atom is 0.348 e. The van der Waals surface area contributed by atoms with E-state index < -0.39 is 5.97 Å². The number of hydrogen-bond acceptors (Lipinski definition) is 7. The first-order valence-corrected chi connectivity index (χ1v) is 9.71. The Morgan fingerprint density at radius 3 is 2.70 bits per heavy atom. The molecule has 1 aliphatic rings. The number of hydrogen-bond donors (Lipinski definition) is 0. The molecule has 1 aliphatic heterocycles. The molecule has 1 amide bonds. The number of fused-ring (bicyclic) bond motifs is 1. The average Bonchev–Trinajstić information content (AvgIpc) is 3.00. The Bertz CT molecular complexity index is 912. The van der Waals surface area contributed by atoms with Crippen molar-refractivity contribution in [3.05, 3.63) is 27.1 Å². The summed E-state index contributed by atoms with van der Waals surface area (Å²) in [6, 6.07) is 0. The van der Waals surface area contributed by atoms with Gasteiger partial charge in [-0.2, -0.15) is 0 Å². The van der Waals surface area contributed by atoms with Gasteiger partial charge in [-0.15, -0.1) is 11.3 Å². The number of carbonyl (C=O) groups is 2. The van der Waals surface area contributed by atoms with Gasteiger partial charge in [0.05, 0.1) is 31.5 Å². The van der Waals surface area contributed by atoms with Gasteiger partial charge in [0.2, 0.25) is 5.91 Å². The maximum atomic E-state index is 12.9. The Balaban J connectivity index is 1.86. The van der Waals surface area contributed by atoms with Gasteiger partial charge in [0, 0.05) is 13.1 Å². The maximum absolute atomic E-state index is 12.9. The molecule has 2 aromatic heterocycles. The molecule has 27 heavy (non-hydrogen) atoms. The topological polar surface area (TPSA) is 90.7 Å². The number of morpholine rings is 1. The lowest BCUT2D eigenvalue weighted by atomic mass is 10.2. The standard InChI is InChI=1S/C18H23N3O5S/c1-11(2)9-26-18(24)15-12(3)14-16(27-15)19-10-21(17(14)23)8-13(22)20-4-6-25-7-5-20/h10-11H,4-9H2,1-3H3. The second-order valence-electron chi connectivity index (χ2n) is 6.90. The van der Waals surface area contributed by atoms with E-state index in [0.29, 0.717) is 53.6 Å². The monoisotopic (exact) mass is 393 g/mol. The minimum Gasteiger partial charge on any atom is -0.461 e. The van der Waals surface area contributed by atoms with E-state index in [1.807, 2.05) is 13.8 Å². The summed E-state index contributed by atoms with van der Waals surface area (Å²) in [5.41, 5.74) is 0.229. The molecule has 0 atom stereocenters. The van der Waals surface area contributed by atoms with Gasteiger partial charge in [-0.3, -0.25) is 14.2 Å². The summed E-state index contributed by atoms with van der Waals surface area (Å²) in [7, 11) is 0. The predicted octanol–water partition coefficient (Wildman–Crippen LogP) is 1.44. The summed E-state index contributed by atoms with van der Waals surface area (Å²) in [5, 5.41) is 0.369. The fourth-order valence-corrected chi connectivity index (χ4v) is 3.87. The van der Waals surface area contributed by atoms with Gasteiger partial charge < -0.3 is 14.4 Å². The molecule has 0 aliphatic carbocycles. The van der Waals surface area contributed by atoms with Crippen LogP contribution in [0, 0.1) is 12.8 Å². The first kappa shape index (κ1) is 19.5. The highest BCUT2D eigenvalue weighted by Gasteiger charge is 2.22. The van der Waals surface area contributed by atoms with Crippen LogP contribution in [0.2, 0.25) is 0 Å². The van der Waals surface area contributed by atoms with E-state index in [2.05, 4.69) is 4.98 Å². The van der Waals surface area contributed by atoms with Crippen molar-refractivity contribution >= 4 is 33.4 Å². The summed E-state index contributed by atoms with van der Waals surface area (Å²) in [4.78, 5) is 44.4. The van der Waals surface area contributed by atoms with Gasteiger partial charge in [-0.25, -0.2) is 9.78 Å². The second-order valence-corrected chi connectivity index (χ2v) is 7.90. The Hall–Kier alpha value is -2.26. The summed E-state index contributed by atoms with van der Waals surface area (Å²) < 4.78 is 11.8. The van der Waals surface area contributed by atoms with E-state index >= 15 is 0 Å². The molecule has 0 saturated carbocycles. The van der Waals surface area contributed by atoms with Gasteiger partial charge >= 0.3 is 5.97 Å². The van der Waals surface area contributed by atoms with Gasteiger partial charge in [0.15, 0.2) is 0 Å². The molecule has 1 saturated heterocycles. The second kappa shape index (κ2) is 8.18. The van der Waals surface area contributed by atoms with Crippen molar-refractivity contribution in [2.24, 2.45) is 5.92 Å². The van der Waals surface area contributed by atoms with Gasteiger partial charge in [0.1, 0.15) is 16.3 Å². The number of rotatable bonds is 5. The van der Waals surface area contributed by atoms with E-state index in [9.17, 15) is 14.4 Å². The Morgan fingerprint density at radius 2 is 2.04 bits per heavy atom. The summed E-state index contributed by atoms with van der Waals surface area (Å²) in [5.74, 6) is -0.365. The van der Waals surface area contributed by atoms with Crippen molar-refractivity contribution in [1.29, 1.82) is 0 Å². The van der Waals surface area contributed by atoms with Crippen molar-refractivity contribution < 1.29 is 19.1 Å². The molecule has 1 fully saturated rings. The lowest BCUT2D eigenvalue weighted by Crippen LogP contribution is -2.43. The van der Waals surface area contributed by atoms with Gasteiger partial charge in [-0.05, 0) is 18.4 Å². The Morgan fingerprint density at radius 1 is 1.33 bits per heavy atom. The highest BCUT2D eigenvalue weighted by Crippen LogP contribution is 2.27. The summed E-state index contributed by atoms with van der Waals surface area (Å²) in [6.45, 7) is 7.91. The van der Waals surface area contributed by atoms with E-state index in [4.69, 9.17) is 9.47 Å². The van der Waals surface area contributed by atoms with Crippen molar-refractivity contribution in [3.8, 4) is 0 Å². The SMILES string of the molecule is Cc1c(C(=O)OCC(C)C)sc2ncn(CC(=O)N3CCOCC3)c(=O)c12. The third-order valence-corrected chi connectivity index (χ3v) is 5.50. The van der Waals surface area contributed by atoms with Crippen molar-refractivity contribution in [1.82, 2.24) is 14.5 Å². The highest BCUT2D eigenvalue weighted by molar-refractivity contribution is 7.20. The third-order valence-electron chi connectivity index (χ3n) is 4.32. The van der Waals surface area contributed by atoms with Crippen LogP contribution in [-0.4, -0.2) is 59.2 Å². The zero-order valence-electron chi connectivity index (χ0n) is 15.7. The minimum absolute atomic E-state index is 0.0792. The number of carbonyl (C=O) groups excluding carboxylic acids is 2. The Kier molecular flexibility index (Phi) is 5.91. The lowest BCUT2D eigenvalue weighted by molar-refractivity contribution is -0.135. The van der Waals surface area contributed by atoms with Crippen LogP contribution in [0.15, 0.2) is 11.1 Å². The molecular formula is C18H23N3O5S. The van der Waals surface area contributed by atoms with Crippen molar-refractivity contribution in [3.63, 3.8) is 0 Å². The summed E-state index contributed by atoms with van der Waals surface area (Å²) in [6.07, 6.45) is 1.36. The number of esters is 1. The molecule has 0 spiro atoms. The molecule has 3 rings (SSSR count). The largest absolute Gasteiger partial charge is 0.461 e. The number of amides is 1. The fraction of sp³-hybridized carbons (Fsp3) is 0.556. The Labute approximate surface area is 160 Å². The molecule has 8 nitrogen and oxygen atoms in total. The van der Waals surface area contributed by atoms with Crippen LogP contribution < -0.4 is 5.56 Å². The smallest absolute Gasteiger partial charge is 0.348 e. The molecule has 2 aromatic rings. The number of aromatic nitrogens is 2. The van der Waals surface area contributed by atoms with Crippen LogP contribution in [0.3, 0.4) is 0 Å². The van der Waals surface area contributed by atoms with E-state index in [-0.39, 0.29) is 23.9 Å². The van der Waals surface area contributed by atoms with E-state index in [1.165, 1.54) is 10.9 Å². The molecular weight excluding hydrogens is 370 g/mol. The zero-order chi connectivity index (χ0) is 19.6. The van der Waals surface area contributed by atoms with Gasteiger partial charge in [-0.1, -0.05) is 13.8 Å². The molecule has 0 unspecified atom stereocenters. The van der Waals surface area contributed by atoms with Crippen molar-refractivity contribution in [2.45, 2.75) is 27.3 Å². The number of thiophene rings is 1. The molecule has 0 aromatic carbocycles. The molecule has 146 valence electrons.